The predicted molar refractivity (Wildman–Crippen MR) is 58.9 cm³/mol. The lowest BCUT2D eigenvalue weighted by molar-refractivity contribution is -0.144. The van der Waals surface area contributed by atoms with Crippen molar-refractivity contribution in [2.24, 2.45) is 29.6 Å². The van der Waals surface area contributed by atoms with Crippen LogP contribution in [0.3, 0.4) is 0 Å². The number of carbonyl (C=O) groups excluding carboxylic acids is 1. The van der Waals surface area contributed by atoms with Crippen LogP contribution in [0.15, 0.2) is 12.2 Å². The topological polar surface area (TPSA) is 26.3 Å². The highest BCUT2D eigenvalue weighted by atomic mass is 127. The number of alkyl halides is 1. The molecular weight excluding hydrogens is 291 g/mol. The maximum atomic E-state index is 11.6. The molecule has 2 nitrogen and oxygen atoms in total. The lowest BCUT2D eigenvalue weighted by Crippen LogP contribution is -2.21. The Morgan fingerprint density at radius 2 is 2.21 bits per heavy atom. The van der Waals surface area contributed by atoms with Gasteiger partial charge < -0.3 is 4.74 Å². The van der Waals surface area contributed by atoms with Gasteiger partial charge in [0.1, 0.15) is 6.10 Å². The number of hydrogen-bond donors (Lipinski definition) is 0. The minimum absolute atomic E-state index is 0.0860. The van der Waals surface area contributed by atoms with Crippen molar-refractivity contribution in [3.05, 3.63) is 12.2 Å². The van der Waals surface area contributed by atoms with E-state index in [-0.39, 0.29) is 18.0 Å². The first-order valence-corrected chi connectivity index (χ1v) is 6.55. The van der Waals surface area contributed by atoms with E-state index in [1.54, 1.807) is 0 Å². The van der Waals surface area contributed by atoms with E-state index in [1.807, 2.05) is 0 Å². The number of allylic oxidation sites excluding steroid dienone is 2. The van der Waals surface area contributed by atoms with Crippen LogP contribution in [0.4, 0.5) is 0 Å². The summed E-state index contributed by atoms with van der Waals surface area (Å²) >= 11 is 2.48. The monoisotopic (exact) mass is 302 g/mol. The normalized spacial score (nSPS) is 62.1. The standard InChI is InChI=1S/C11H11IO2/c12-9-5-2-1-4-3-6-8(7(4)5)10(9)14-11(6)13/h1-2,4-10H,3H2/t4-,5+,6+,7-,8+,9+,10+/m1/s1. The van der Waals surface area contributed by atoms with E-state index in [0.717, 1.165) is 12.3 Å². The van der Waals surface area contributed by atoms with Gasteiger partial charge in [-0.3, -0.25) is 4.79 Å². The zero-order valence-electron chi connectivity index (χ0n) is 7.60. The summed E-state index contributed by atoms with van der Waals surface area (Å²) in [7, 11) is 0. The number of halogens is 1. The lowest BCUT2D eigenvalue weighted by Gasteiger charge is -2.14. The van der Waals surface area contributed by atoms with Crippen LogP contribution >= 0.6 is 22.6 Å². The molecule has 4 aliphatic rings. The van der Waals surface area contributed by atoms with Crippen LogP contribution in [0.5, 0.6) is 0 Å². The van der Waals surface area contributed by atoms with Crippen molar-refractivity contribution in [1.82, 2.24) is 0 Å². The molecule has 0 unspecified atom stereocenters. The Morgan fingerprint density at radius 1 is 1.36 bits per heavy atom. The van der Waals surface area contributed by atoms with Gasteiger partial charge in [0, 0.05) is 5.92 Å². The fraction of sp³-hybridized carbons (Fsp3) is 0.727. The Balaban J connectivity index is 1.86. The molecule has 0 aromatic rings. The van der Waals surface area contributed by atoms with Crippen molar-refractivity contribution in [2.45, 2.75) is 16.4 Å². The van der Waals surface area contributed by atoms with Crippen molar-refractivity contribution >= 4 is 28.6 Å². The summed E-state index contributed by atoms with van der Waals surface area (Å²) in [4.78, 5) is 11.6. The molecule has 0 N–H and O–H groups in total. The maximum Gasteiger partial charge on any atom is 0.309 e. The predicted octanol–water partition coefficient (Wildman–Crippen LogP) is 1.78. The molecule has 1 saturated heterocycles. The molecular formula is C11H11IO2. The highest BCUT2D eigenvalue weighted by molar-refractivity contribution is 14.1. The quantitative estimate of drug-likeness (QED) is 0.295. The minimum atomic E-state index is 0.0860. The molecule has 0 amide bonds. The van der Waals surface area contributed by atoms with Gasteiger partial charge in [-0.05, 0) is 24.2 Å². The summed E-state index contributed by atoms with van der Waals surface area (Å²) in [6, 6.07) is 0. The first kappa shape index (κ1) is 8.13. The third kappa shape index (κ3) is 0.708. The summed E-state index contributed by atoms with van der Waals surface area (Å²) < 4.78 is 6.03. The van der Waals surface area contributed by atoms with Gasteiger partial charge in [0.15, 0.2) is 0 Å². The van der Waals surface area contributed by atoms with Gasteiger partial charge in [-0.25, -0.2) is 0 Å². The van der Waals surface area contributed by atoms with E-state index < -0.39 is 0 Å². The number of esters is 1. The van der Waals surface area contributed by atoms with Crippen LogP contribution in [-0.2, 0) is 9.53 Å². The summed E-state index contributed by atoms with van der Waals surface area (Å²) in [5, 5.41) is 0. The molecule has 1 heterocycles. The molecule has 3 heteroatoms. The molecule has 1 aliphatic heterocycles. The number of rotatable bonds is 0. The Bertz CT molecular complexity index is 351. The minimum Gasteiger partial charge on any atom is -0.461 e. The summed E-state index contributed by atoms with van der Waals surface area (Å²) in [6.07, 6.45) is 6.01. The molecule has 0 aromatic heterocycles. The van der Waals surface area contributed by atoms with E-state index in [9.17, 15) is 4.79 Å². The Hall–Kier alpha value is -0.0600. The average Bonchev–Trinajstić information content (AvgIpc) is 2.78. The van der Waals surface area contributed by atoms with Gasteiger partial charge in [-0.15, -0.1) is 0 Å². The number of carbonyl (C=O) groups is 1. The van der Waals surface area contributed by atoms with Gasteiger partial charge in [-0.2, -0.15) is 0 Å². The van der Waals surface area contributed by atoms with Crippen LogP contribution in [0.25, 0.3) is 0 Å². The second-order valence-electron chi connectivity index (χ2n) is 4.97. The van der Waals surface area contributed by atoms with E-state index in [2.05, 4.69) is 34.7 Å². The largest absolute Gasteiger partial charge is 0.461 e. The van der Waals surface area contributed by atoms with Crippen LogP contribution in [0, 0.1) is 29.6 Å². The SMILES string of the molecule is O=C1O[C@@H]2[C@@H](I)[C@H]3C=C[C@@H]4C[C@H]1[C@H]2[C@@H]34. The van der Waals surface area contributed by atoms with E-state index in [0.29, 0.717) is 21.7 Å². The third-order valence-corrected chi connectivity index (χ3v) is 6.11. The molecule has 3 fully saturated rings. The smallest absolute Gasteiger partial charge is 0.309 e. The maximum absolute atomic E-state index is 11.6. The highest BCUT2D eigenvalue weighted by Gasteiger charge is 2.66. The van der Waals surface area contributed by atoms with Crippen molar-refractivity contribution < 1.29 is 9.53 Å². The van der Waals surface area contributed by atoms with Crippen molar-refractivity contribution in [2.75, 3.05) is 0 Å². The summed E-state index contributed by atoms with van der Waals surface area (Å²) in [5.41, 5.74) is 0. The zero-order chi connectivity index (χ0) is 9.45. The fourth-order valence-corrected chi connectivity index (χ4v) is 5.47. The molecule has 7 atom stereocenters. The Morgan fingerprint density at radius 3 is 3.07 bits per heavy atom. The fourth-order valence-electron chi connectivity index (χ4n) is 4.13. The molecule has 3 aliphatic carbocycles. The van der Waals surface area contributed by atoms with Gasteiger partial charge in [0.05, 0.1) is 9.84 Å². The molecule has 0 bridgehead atoms. The van der Waals surface area contributed by atoms with E-state index >= 15 is 0 Å². The molecule has 14 heavy (non-hydrogen) atoms. The van der Waals surface area contributed by atoms with Crippen LogP contribution in [-0.4, -0.2) is 16.0 Å². The van der Waals surface area contributed by atoms with Gasteiger partial charge in [0.2, 0.25) is 0 Å². The van der Waals surface area contributed by atoms with Gasteiger partial charge in [0.25, 0.3) is 0 Å². The highest BCUT2D eigenvalue weighted by Crippen LogP contribution is 2.63. The number of ether oxygens (including phenoxy) is 1. The van der Waals surface area contributed by atoms with Crippen LogP contribution in [0.2, 0.25) is 0 Å². The van der Waals surface area contributed by atoms with Crippen LogP contribution in [0.1, 0.15) is 6.42 Å². The average molecular weight is 302 g/mol. The molecule has 2 saturated carbocycles. The molecule has 0 radical (unpaired) electrons. The van der Waals surface area contributed by atoms with Gasteiger partial charge in [-0.1, -0.05) is 34.7 Å². The first-order valence-electron chi connectivity index (χ1n) is 5.30. The first-order chi connectivity index (χ1) is 6.77. The van der Waals surface area contributed by atoms with E-state index in [4.69, 9.17) is 4.74 Å². The molecule has 4 rings (SSSR count). The van der Waals surface area contributed by atoms with Gasteiger partial charge >= 0.3 is 5.97 Å². The zero-order valence-corrected chi connectivity index (χ0v) is 9.76. The molecule has 0 aromatic carbocycles. The van der Waals surface area contributed by atoms with Crippen molar-refractivity contribution in [3.63, 3.8) is 0 Å². The second kappa shape index (κ2) is 2.36. The lowest BCUT2D eigenvalue weighted by atomic mass is 9.89. The Kier molecular flexibility index (Phi) is 1.37. The summed E-state index contributed by atoms with van der Waals surface area (Å²) in [6.45, 7) is 0. The molecule has 74 valence electrons. The second-order valence-corrected chi connectivity index (χ2v) is 6.41. The molecule has 0 spiro atoms. The number of hydrogen-bond acceptors (Lipinski definition) is 2. The third-order valence-electron chi connectivity index (χ3n) is 4.57. The summed E-state index contributed by atoms with van der Waals surface area (Å²) in [5.74, 6) is 2.98. The van der Waals surface area contributed by atoms with E-state index in [1.165, 1.54) is 0 Å². The Labute approximate surface area is 96.2 Å². The van der Waals surface area contributed by atoms with Crippen molar-refractivity contribution in [1.29, 1.82) is 0 Å². The van der Waals surface area contributed by atoms with Crippen molar-refractivity contribution in [3.8, 4) is 0 Å². The van der Waals surface area contributed by atoms with Crippen LogP contribution < -0.4 is 0 Å².